The van der Waals surface area contributed by atoms with E-state index in [0.29, 0.717) is 0 Å². The van der Waals surface area contributed by atoms with Crippen molar-refractivity contribution in [3.05, 3.63) is 352 Å². The average molecular weight is 1120 g/mol. The summed E-state index contributed by atoms with van der Waals surface area (Å²) >= 11 is 0. The molecule has 0 saturated heterocycles. The van der Waals surface area contributed by atoms with E-state index in [1.807, 2.05) is 0 Å². The fraction of sp³-hybridized carbons (Fsp3) is 0. The molecule has 0 aliphatic heterocycles. The number of aromatic nitrogens is 2. The first kappa shape index (κ1) is 51.5. The van der Waals surface area contributed by atoms with Gasteiger partial charge in [0.15, 0.2) is 8.07 Å². The summed E-state index contributed by atoms with van der Waals surface area (Å²) in [7, 11) is -3.30. The first-order valence-corrected chi connectivity index (χ1v) is 32.1. The molecule has 0 amide bonds. The summed E-state index contributed by atoms with van der Waals surface area (Å²) in [5, 5.41) is 10.1. The molecule has 0 aliphatic carbocycles. The molecule has 0 spiro atoms. The quantitative estimate of drug-likeness (QED) is 0.0852. The van der Waals surface area contributed by atoms with Crippen molar-refractivity contribution in [3.63, 3.8) is 0 Å². The van der Waals surface area contributed by atoms with E-state index in [1.165, 1.54) is 109 Å². The molecule has 0 unspecified atom stereocenters. The highest BCUT2D eigenvalue weighted by Crippen LogP contribution is 2.44. The molecule has 2 nitrogen and oxygen atoms in total. The van der Waals surface area contributed by atoms with Crippen molar-refractivity contribution in [2.75, 3.05) is 0 Å². The topological polar surface area (TPSA) is 9.86 Å². The van der Waals surface area contributed by atoms with Gasteiger partial charge in [0.1, 0.15) is 0 Å². The van der Waals surface area contributed by atoms with Gasteiger partial charge in [-0.3, -0.25) is 0 Å². The van der Waals surface area contributed by atoms with Crippen molar-refractivity contribution >= 4 is 72.4 Å². The number of rotatable bonds is 12. The molecule has 0 fully saturated rings. The summed E-state index contributed by atoms with van der Waals surface area (Å²) in [6, 6.07) is 131. The van der Waals surface area contributed by atoms with Crippen LogP contribution >= 0.6 is 0 Å². The van der Waals surface area contributed by atoms with E-state index in [0.717, 1.165) is 33.5 Å². The van der Waals surface area contributed by atoms with Gasteiger partial charge in [-0.05, 0) is 119 Å². The van der Waals surface area contributed by atoms with Gasteiger partial charge in [-0.1, -0.05) is 303 Å². The van der Waals surface area contributed by atoms with Gasteiger partial charge >= 0.3 is 0 Å². The molecule has 16 aromatic rings. The van der Waals surface area contributed by atoms with Crippen molar-refractivity contribution in [2.24, 2.45) is 0 Å². The number of hydrogen-bond acceptors (Lipinski definition) is 0. The highest BCUT2D eigenvalue weighted by Gasteiger charge is 2.43. The molecule has 0 N–H and O–H groups in total. The summed E-state index contributed by atoms with van der Waals surface area (Å²) in [5.41, 5.74) is 21.1. The van der Waals surface area contributed by atoms with Crippen LogP contribution in [-0.2, 0) is 0 Å². The van der Waals surface area contributed by atoms with Crippen molar-refractivity contribution in [1.29, 1.82) is 0 Å². The maximum absolute atomic E-state index is 3.30. The minimum atomic E-state index is -3.30. The van der Waals surface area contributed by atoms with Crippen LogP contribution < -0.4 is 20.7 Å². The second-order valence-electron chi connectivity index (χ2n) is 22.7. The van der Waals surface area contributed by atoms with Crippen LogP contribution in [-0.4, -0.2) is 17.2 Å². The predicted molar refractivity (Wildman–Crippen MR) is 371 cm³/mol. The molecule has 0 saturated carbocycles. The molecule has 14 aromatic carbocycles. The smallest absolute Gasteiger partial charge is 0.179 e. The fourth-order valence-corrected chi connectivity index (χ4v) is 18.8. The Hall–Kier alpha value is -11.1. The molecule has 16 rings (SSSR count). The van der Waals surface area contributed by atoms with Crippen LogP contribution in [0.15, 0.2) is 352 Å². The van der Waals surface area contributed by atoms with Crippen LogP contribution in [0.2, 0.25) is 0 Å². The molecule has 0 bridgehead atoms. The Bertz CT molecular complexity index is 5010. The van der Waals surface area contributed by atoms with Gasteiger partial charge in [0.25, 0.3) is 0 Å². The maximum atomic E-state index is 2.58. The normalized spacial score (nSPS) is 11.7. The molecule has 0 atom stereocenters. The van der Waals surface area contributed by atoms with E-state index in [-0.39, 0.29) is 0 Å². The largest absolute Gasteiger partial charge is 0.309 e. The zero-order valence-electron chi connectivity index (χ0n) is 47.9. The minimum Gasteiger partial charge on any atom is -0.309 e. The molecule has 408 valence electrons. The zero-order valence-corrected chi connectivity index (χ0v) is 48.9. The van der Waals surface area contributed by atoms with Crippen molar-refractivity contribution in [1.82, 2.24) is 9.13 Å². The van der Waals surface area contributed by atoms with Crippen molar-refractivity contribution in [2.45, 2.75) is 0 Å². The number of nitrogens with zero attached hydrogens (tertiary/aromatic N) is 2. The molecule has 0 radical (unpaired) electrons. The Morgan fingerprint density at radius 1 is 0.184 bits per heavy atom. The van der Waals surface area contributed by atoms with Gasteiger partial charge in [0, 0.05) is 38.2 Å². The lowest BCUT2D eigenvalue weighted by atomic mass is 9.95. The summed E-state index contributed by atoms with van der Waals surface area (Å²) in [6.45, 7) is 0. The van der Waals surface area contributed by atoms with E-state index in [1.54, 1.807) is 0 Å². The van der Waals surface area contributed by atoms with E-state index in [9.17, 15) is 0 Å². The second kappa shape index (κ2) is 21.8. The van der Waals surface area contributed by atoms with E-state index in [4.69, 9.17) is 0 Å². The molecular weight excluding hydrogens is 1070 g/mol. The molecular formula is C84H58N2Si. The van der Waals surface area contributed by atoms with Gasteiger partial charge in [-0.15, -0.1) is 0 Å². The van der Waals surface area contributed by atoms with Crippen LogP contribution in [0.1, 0.15) is 0 Å². The van der Waals surface area contributed by atoms with Gasteiger partial charge in [-0.2, -0.15) is 0 Å². The summed E-state index contributed by atoms with van der Waals surface area (Å²) in [5.74, 6) is 0. The minimum absolute atomic E-state index is 1.15. The van der Waals surface area contributed by atoms with Gasteiger partial charge in [-0.25, -0.2) is 0 Å². The van der Waals surface area contributed by atoms with Crippen molar-refractivity contribution < 1.29 is 0 Å². The third-order valence-electron chi connectivity index (χ3n) is 17.8. The Morgan fingerprint density at radius 2 is 0.529 bits per heavy atom. The van der Waals surface area contributed by atoms with E-state index in [2.05, 4.69) is 361 Å². The standard InChI is InChI=1S/C84H58N2Si/c1-8-28-59(29-9-1)66-52-67(60-30-10-2-11-31-60)54-70(53-66)87(68-38-18-6-19-39-68,69-40-20-7-21-41-69)71-57-75(62-34-14-4-15-35-62)84(76(58-71)63-36-16-5-17-37-63)86-81-47-27-24-44-74(81)78-56-65(49-51-83(78)86)64-48-50-82-77(55-64)73-43-23-26-46-80(73)85(82)79-45-25-22-42-72(79)61-32-12-3-13-33-61/h1-58H. The Balaban J connectivity index is 0.958. The summed E-state index contributed by atoms with van der Waals surface area (Å²) in [4.78, 5) is 0. The highest BCUT2D eigenvalue weighted by molar-refractivity contribution is 7.20. The first-order chi connectivity index (χ1) is 43.2. The van der Waals surface area contributed by atoms with Gasteiger partial charge < -0.3 is 9.13 Å². The van der Waals surface area contributed by atoms with E-state index < -0.39 is 8.07 Å². The molecule has 2 heterocycles. The van der Waals surface area contributed by atoms with Crippen molar-refractivity contribution in [3.8, 4) is 78.1 Å². The zero-order chi connectivity index (χ0) is 57.7. The Morgan fingerprint density at radius 3 is 1.00 bits per heavy atom. The maximum Gasteiger partial charge on any atom is 0.179 e. The lowest BCUT2D eigenvalue weighted by Crippen LogP contribution is -2.74. The summed E-state index contributed by atoms with van der Waals surface area (Å²) in [6.07, 6.45) is 0. The monoisotopic (exact) mass is 1120 g/mol. The average Bonchev–Trinajstić information content (AvgIpc) is 1.78. The fourth-order valence-electron chi connectivity index (χ4n) is 13.9. The number of para-hydroxylation sites is 3. The number of fused-ring (bicyclic) bond motifs is 6. The molecule has 87 heavy (non-hydrogen) atoms. The van der Waals surface area contributed by atoms with Crippen LogP contribution in [0.3, 0.4) is 0 Å². The SMILES string of the molecule is c1ccc(-c2cc(-c3ccccc3)cc([Si](c3ccccc3)(c3ccccc3)c3cc(-c4ccccc4)c(-n4c5ccccc5c5cc(-c6ccc7c(c6)c6ccccc6n7-c6ccccc6-c6ccccc6)ccc54)c(-c4ccccc4)c3)c2)cc1. The van der Waals surface area contributed by atoms with Gasteiger partial charge in [0.05, 0.1) is 33.4 Å². The molecule has 3 heteroatoms. The summed E-state index contributed by atoms with van der Waals surface area (Å²) < 4.78 is 5.02. The molecule has 0 aliphatic rings. The second-order valence-corrected chi connectivity index (χ2v) is 26.5. The first-order valence-electron chi connectivity index (χ1n) is 30.1. The lowest BCUT2D eigenvalue weighted by Gasteiger charge is -2.36. The van der Waals surface area contributed by atoms with Crippen LogP contribution in [0.4, 0.5) is 0 Å². The van der Waals surface area contributed by atoms with Crippen LogP contribution in [0, 0.1) is 0 Å². The van der Waals surface area contributed by atoms with Crippen LogP contribution in [0.5, 0.6) is 0 Å². The third-order valence-corrected chi connectivity index (χ3v) is 22.5. The number of benzene rings is 14. The van der Waals surface area contributed by atoms with Crippen LogP contribution in [0.25, 0.3) is 122 Å². The number of hydrogen-bond donors (Lipinski definition) is 0. The van der Waals surface area contributed by atoms with Gasteiger partial charge in [0.2, 0.25) is 0 Å². The third kappa shape index (κ3) is 8.86. The highest BCUT2D eigenvalue weighted by atomic mass is 28.3. The molecule has 2 aromatic heterocycles. The van der Waals surface area contributed by atoms with E-state index >= 15 is 0 Å². The Labute approximate surface area is 508 Å². The lowest BCUT2D eigenvalue weighted by molar-refractivity contribution is 1.18. The predicted octanol–water partition coefficient (Wildman–Crippen LogP) is 19.3. The Kier molecular flexibility index (Phi) is 12.9.